The van der Waals surface area contributed by atoms with Gasteiger partial charge in [0.25, 0.3) is 0 Å². The number of aliphatic carboxylic acids is 1. The number of aliphatic imine (C=N–C) groups is 1. The molecule has 1 atom stereocenters. The number of rotatable bonds is 5. The zero-order valence-electron chi connectivity index (χ0n) is 14.9. The molecule has 0 rings (SSSR count). The van der Waals surface area contributed by atoms with Crippen LogP contribution in [0, 0.1) is 5.92 Å². The SMILES string of the molecule is CC(C)(C)OC(=O)N=CC(CO[Si](C)(C)C(C)(C)C)C(=O)O. The monoisotopic (exact) mass is 331 g/mol. The Morgan fingerprint density at radius 3 is 2.05 bits per heavy atom. The van der Waals surface area contributed by atoms with Gasteiger partial charge in [0.05, 0.1) is 6.61 Å². The zero-order valence-corrected chi connectivity index (χ0v) is 15.9. The van der Waals surface area contributed by atoms with Crippen LogP contribution in [0.3, 0.4) is 0 Å². The van der Waals surface area contributed by atoms with Gasteiger partial charge in [0, 0.05) is 6.21 Å². The summed E-state index contributed by atoms with van der Waals surface area (Å²) in [5.74, 6) is -2.05. The predicted octanol–water partition coefficient (Wildman–Crippen LogP) is 3.71. The van der Waals surface area contributed by atoms with Gasteiger partial charge in [-0.05, 0) is 38.9 Å². The molecule has 22 heavy (non-hydrogen) atoms. The van der Waals surface area contributed by atoms with E-state index in [-0.39, 0.29) is 11.6 Å². The molecule has 0 aromatic heterocycles. The van der Waals surface area contributed by atoms with Crippen molar-refractivity contribution in [3.8, 4) is 0 Å². The predicted molar refractivity (Wildman–Crippen MR) is 89.0 cm³/mol. The summed E-state index contributed by atoms with van der Waals surface area (Å²) in [6.07, 6.45) is 0.287. The molecular weight excluding hydrogens is 302 g/mol. The largest absolute Gasteiger partial charge is 0.481 e. The number of hydrogen-bond acceptors (Lipinski definition) is 4. The number of amides is 1. The summed E-state index contributed by atoms with van der Waals surface area (Å²) < 4.78 is 10.9. The van der Waals surface area contributed by atoms with Crippen LogP contribution < -0.4 is 0 Å². The molecule has 0 spiro atoms. The first-order valence-corrected chi connectivity index (χ1v) is 10.2. The highest BCUT2D eigenvalue weighted by Gasteiger charge is 2.38. The number of ether oxygens (including phenoxy) is 1. The van der Waals surface area contributed by atoms with E-state index < -0.39 is 31.9 Å². The molecular formula is C15H29NO5Si. The second-order valence-corrected chi connectivity index (χ2v) is 12.6. The molecule has 0 saturated heterocycles. The van der Waals surface area contributed by atoms with E-state index in [2.05, 4.69) is 25.8 Å². The van der Waals surface area contributed by atoms with E-state index in [0.717, 1.165) is 6.21 Å². The number of carboxylic acids is 1. The molecule has 0 aromatic carbocycles. The first kappa shape index (κ1) is 20.8. The van der Waals surface area contributed by atoms with Crippen LogP contribution in [-0.2, 0) is 14.0 Å². The third kappa shape index (κ3) is 7.70. The van der Waals surface area contributed by atoms with Crippen molar-refractivity contribution in [3.63, 3.8) is 0 Å². The lowest BCUT2D eigenvalue weighted by Crippen LogP contribution is -2.42. The first-order chi connectivity index (χ1) is 9.66. The van der Waals surface area contributed by atoms with Crippen LogP contribution >= 0.6 is 0 Å². The second-order valence-electron chi connectivity index (χ2n) is 7.77. The van der Waals surface area contributed by atoms with Crippen molar-refractivity contribution in [2.24, 2.45) is 10.9 Å². The van der Waals surface area contributed by atoms with Crippen molar-refractivity contribution in [2.45, 2.75) is 65.3 Å². The minimum atomic E-state index is -2.05. The molecule has 0 bridgehead atoms. The van der Waals surface area contributed by atoms with Crippen LogP contribution in [0.25, 0.3) is 0 Å². The molecule has 0 aliphatic heterocycles. The fourth-order valence-electron chi connectivity index (χ4n) is 1.13. The van der Waals surface area contributed by atoms with Gasteiger partial charge < -0.3 is 14.3 Å². The van der Waals surface area contributed by atoms with Crippen LogP contribution in [0.4, 0.5) is 4.79 Å². The average Bonchev–Trinajstić information content (AvgIpc) is 2.23. The first-order valence-electron chi connectivity index (χ1n) is 7.29. The summed E-state index contributed by atoms with van der Waals surface area (Å²) in [7, 11) is -2.05. The van der Waals surface area contributed by atoms with E-state index in [1.54, 1.807) is 20.8 Å². The molecule has 1 amide bonds. The summed E-state index contributed by atoms with van der Waals surface area (Å²) in [5.41, 5.74) is -0.662. The quantitative estimate of drug-likeness (QED) is 0.613. The van der Waals surface area contributed by atoms with Crippen LogP contribution in [-0.4, -0.2) is 43.9 Å². The van der Waals surface area contributed by atoms with Gasteiger partial charge in [0.2, 0.25) is 0 Å². The topological polar surface area (TPSA) is 85.2 Å². The summed E-state index contributed by atoms with van der Waals surface area (Å²) in [5, 5.41) is 9.19. The highest BCUT2D eigenvalue weighted by atomic mass is 28.4. The lowest BCUT2D eigenvalue weighted by Gasteiger charge is -2.36. The standard InChI is InChI=1S/C15H29NO5Si/c1-14(2,3)21-13(19)16-9-11(12(17)18)10-20-22(7,8)15(4,5)6/h9,11H,10H2,1-8H3,(H,17,18). The zero-order chi connectivity index (χ0) is 17.8. The van der Waals surface area contributed by atoms with E-state index in [1.807, 2.05) is 13.1 Å². The smallest absolute Gasteiger partial charge is 0.433 e. The summed E-state index contributed by atoms with van der Waals surface area (Å²) in [4.78, 5) is 26.3. The summed E-state index contributed by atoms with van der Waals surface area (Å²) >= 11 is 0. The molecule has 0 aromatic rings. The van der Waals surface area contributed by atoms with Gasteiger partial charge in [-0.25, -0.2) is 4.79 Å². The number of hydrogen-bond donors (Lipinski definition) is 1. The molecule has 0 radical (unpaired) electrons. The Hall–Kier alpha value is -1.21. The van der Waals surface area contributed by atoms with Crippen LogP contribution in [0.2, 0.25) is 18.1 Å². The lowest BCUT2D eigenvalue weighted by molar-refractivity contribution is -0.140. The normalized spacial score (nSPS) is 14.9. The van der Waals surface area contributed by atoms with Crippen molar-refractivity contribution in [2.75, 3.05) is 6.61 Å². The minimum absolute atomic E-state index is 0.00186. The molecule has 1 unspecified atom stereocenters. The van der Waals surface area contributed by atoms with Gasteiger partial charge in [-0.15, -0.1) is 0 Å². The van der Waals surface area contributed by atoms with E-state index in [0.29, 0.717) is 0 Å². The third-order valence-corrected chi connectivity index (χ3v) is 8.00. The maximum absolute atomic E-state index is 11.5. The van der Waals surface area contributed by atoms with Gasteiger partial charge in [-0.2, -0.15) is 4.99 Å². The Bertz CT molecular complexity index is 432. The molecule has 128 valence electrons. The second kappa shape index (κ2) is 7.37. The Balaban J connectivity index is 4.77. The minimum Gasteiger partial charge on any atom is -0.481 e. The summed E-state index contributed by atoms with van der Waals surface area (Å²) in [6.45, 7) is 15.4. The highest BCUT2D eigenvalue weighted by Crippen LogP contribution is 2.36. The molecule has 0 fully saturated rings. The summed E-state index contributed by atoms with van der Waals surface area (Å²) in [6, 6.07) is 0. The Morgan fingerprint density at radius 2 is 1.68 bits per heavy atom. The van der Waals surface area contributed by atoms with Crippen molar-refractivity contribution < 1.29 is 23.9 Å². The molecule has 0 aliphatic rings. The molecule has 1 N–H and O–H groups in total. The van der Waals surface area contributed by atoms with Crippen molar-refractivity contribution in [3.05, 3.63) is 0 Å². The Labute approximate surface area is 134 Å². The van der Waals surface area contributed by atoms with Gasteiger partial charge in [-0.1, -0.05) is 20.8 Å². The van der Waals surface area contributed by atoms with Gasteiger partial charge in [0.15, 0.2) is 8.32 Å². The maximum atomic E-state index is 11.5. The molecule has 0 heterocycles. The molecule has 0 saturated carbocycles. The van der Waals surface area contributed by atoms with Crippen molar-refractivity contribution >= 4 is 26.6 Å². The maximum Gasteiger partial charge on any atom is 0.433 e. The van der Waals surface area contributed by atoms with Gasteiger partial charge in [-0.3, -0.25) is 4.79 Å². The number of carbonyl (C=O) groups excluding carboxylic acids is 1. The number of carboxylic acid groups (broad SMARTS) is 1. The number of nitrogens with zero attached hydrogens (tertiary/aromatic N) is 1. The van der Waals surface area contributed by atoms with E-state index >= 15 is 0 Å². The molecule has 0 aliphatic carbocycles. The van der Waals surface area contributed by atoms with Gasteiger partial charge in [0.1, 0.15) is 11.5 Å². The Kier molecular flexibility index (Phi) is 6.96. The van der Waals surface area contributed by atoms with Crippen LogP contribution in [0.5, 0.6) is 0 Å². The van der Waals surface area contributed by atoms with Crippen LogP contribution in [0.15, 0.2) is 4.99 Å². The van der Waals surface area contributed by atoms with Gasteiger partial charge >= 0.3 is 12.1 Å². The fourth-order valence-corrected chi connectivity index (χ4v) is 2.16. The fraction of sp³-hybridized carbons (Fsp3) is 0.800. The lowest BCUT2D eigenvalue weighted by atomic mass is 10.2. The van der Waals surface area contributed by atoms with Crippen molar-refractivity contribution in [1.29, 1.82) is 0 Å². The van der Waals surface area contributed by atoms with Crippen LogP contribution in [0.1, 0.15) is 41.5 Å². The average molecular weight is 331 g/mol. The highest BCUT2D eigenvalue weighted by molar-refractivity contribution is 6.74. The molecule has 7 heteroatoms. The van der Waals surface area contributed by atoms with E-state index in [1.165, 1.54) is 0 Å². The van der Waals surface area contributed by atoms with E-state index in [9.17, 15) is 14.7 Å². The van der Waals surface area contributed by atoms with Crippen molar-refractivity contribution in [1.82, 2.24) is 0 Å². The third-order valence-electron chi connectivity index (χ3n) is 3.50. The number of carbonyl (C=O) groups is 2. The van der Waals surface area contributed by atoms with E-state index in [4.69, 9.17) is 9.16 Å². The molecule has 6 nitrogen and oxygen atoms in total. The Morgan fingerprint density at radius 1 is 1.18 bits per heavy atom.